The van der Waals surface area contributed by atoms with Gasteiger partial charge in [0.25, 0.3) is 10.0 Å². The Bertz CT molecular complexity index is 801. The molecule has 21 heavy (non-hydrogen) atoms. The number of phenolic OH excluding ortho intramolecular Hbond substituents is 1. The number of anilines is 1. The molecule has 0 aliphatic carbocycles. The molecule has 0 saturated heterocycles. The smallest absolute Gasteiger partial charge is 0.262 e. The Morgan fingerprint density at radius 2 is 1.67 bits per heavy atom. The summed E-state index contributed by atoms with van der Waals surface area (Å²) < 4.78 is 28.3. The van der Waals surface area contributed by atoms with Crippen LogP contribution in [-0.2, 0) is 10.0 Å². The first-order valence-electron chi connectivity index (χ1n) is 6.30. The number of hydrogen-bond acceptors (Lipinski definition) is 3. The van der Waals surface area contributed by atoms with Gasteiger partial charge < -0.3 is 5.11 Å². The summed E-state index contributed by atoms with van der Waals surface area (Å²) in [7, 11) is -3.68. The minimum Gasteiger partial charge on any atom is -0.508 e. The van der Waals surface area contributed by atoms with Gasteiger partial charge in [0.2, 0.25) is 0 Å². The highest BCUT2D eigenvalue weighted by Crippen LogP contribution is 2.28. The van der Waals surface area contributed by atoms with E-state index in [1.165, 1.54) is 0 Å². The van der Waals surface area contributed by atoms with Crippen LogP contribution in [0.25, 0.3) is 0 Å². The van der Waals surface area contributed by atoms with Gasteiger partial charge in [0.15, 0.2) is 0 Å². The van der Waals surface area contributed by atoms with Crippen molar-refractivity contribution in [3.8, 4) is 5.75 Å². The van der Waals surface area contributed by atoms with Crippen molar-refractivity contribution in [1.29, 1.82) is 0 Å². The number of aromatic hydroxyl groups is 1. The van der Waals surface area contributed by atoms with Crippen LogP contribution in [0.2, 0.25) is 0 Å². The van der Waals surface area contributed by atoms with Crippen LogP contribution in [0.4, 0.5) is 5.69 Å². The van der Waals surface area contributed by atoms with Crippen LogP contribution >= 0.6 is 15.9 Å². The van der Waals surface area contributed by atoms with E-state index >= 15 is 0 Å². The molecule has 0 heterocycles. The van der Waals surface area contributed by atoms with E-state index in [1.807, 2.05) is 0 Å². The standard InChI is InChI=1S/C15H16BrNO3S/c1-9-4-5-12(16)8-15(9)21(19,20)17-13-6-11(3)14(18)7-10(13)2/h4-8,17-18H,1-3H3. The second kappa shape index (κ2) is 5.69. The molecule has 0 unspecified atom stereocenters. The Hall–Kier alpha value is -1.53. The molecule has 0 bridgehead atoms. The molecule has 0 aliphatic heterocycles. The molecule has 0 aliphatic rings. The van der Waals surface area contributed by atoms with Crippen molar-refractivity contribution < 1.29 is 13.5 Å². The Morgan fingerprint density at radius 1 is 1.00 bits per heavy atom. The number of nitrogens with one attached hydrogen (secondary N) is 1. The number of sulfonamides is 1. The molecule has 0 aromatic heterocycles. The normalized spacial score (nSPS) is 11.4. The van der Waals surface area contributed by atoms with E-state index in [0.29, 0.717) is 26.9 Å². The highest BCUT2D eigenvalue weighted by molar-refractivity contribution is 9.10. The van der Waals surface area contributed by atoms with E-state index in [2.05, 4.69) is 20.7 Å². The van der Waals surface area contributed by atoms with Crippen molar-refractivity contribution in [2.75, 3.05) is 4.72 Å². The molecule has 0 saturated carbocycles. The maximum absolute atomic E-state index is 12.5. The predicted molar refractivity (Wildman–Crippen MR) is 87.3 cm³/mol. The number of aryl methyl sites for hydroxylation is 3. The third kappa shape index (κ3) is 3.39. The molecular weight excluding hydrogens is 354 g/mol. The van der Waals surface area contributed by atoms with Crippen LogP contribution < -0.4 is 4.72 Å². The van der Waals surface area contributed by atoms with E-state index in [1.54, 1.807) is 51.1 Å². The molecule has 0 fully saturated rings. The molecule has 2 N–H and O–H groups in total. The average molecular weight is 370 g/mol. The molecule has 6 heteroatoms. The van der Waals surface area contributed by atoms with Crippen molar-refractivity contribution in [1.82, 2.24) is 0 Å². The highest BCUT2D eigenvalue weighted by Gasteiger charge is 2.18. The number of benzene rings is 2. The van der Waals surface area contributed by atoms with Crippen LogP contribution in [0, 0.1) is 20.8 Å². The summed E-state index contributed by atoms with van der Waals surface area (Å²) in [6.07, 6.45) is 0. The largest absolute Gasteiger partial charge is 0.508 e. The van der Waals surface area contributed by atoms with E-state index in [4.69, 9.17) is 0 Å². The van der Waals surface area contributed by atoms with Crippen molar-refractivity contribution in [3.63, 3.8) is 0 Å². The quantitative estimate of drug-likeness (QED) is 0.806. The summed E-state index contributed by atoms with van der Waals surface area (Å²) >= 11 is 3.28. The maximum Gasteiger partial charge on any atom is 0.262 e. The fraction of sp³-hybridized carbons (Fsp3) is 0.200. The van der Waals surface area contributed by atoms with E-state index in [0.717, 1.165) is 0 Å². The summed E-state index contributed by atoms with van der Waals surface area (Å²) in [4.78, 5) is 0.224. The Kier molecular flexibility index (Phi) is 4.30. The van der Waals surface area contributed by atoms with Gasteiger partial charge in [-0.15, -0.1) is 0 Å². The zero-order chi connectivity index (χ0) is 15.8. The molecule has 4 nitrogen and oxygen atoms in total. The first kappa shape index (κ1) is 15.9. The lowest BCUT2D eigenvalue weighted by atomic mass is 10.1. The van der Waals surface area contributed by atoms with E-state index in [9.17, 15) is 13.5 Å². The molecule has 2 rings (SSSR count). The molecule has 0 atom stereocenters. The van der Waals surface area contributed by atoms with E-state index < -0.39 is 10.0 Å². The molecule has 2 aromatic rings. The molecular formula is C15H16BrNO3S. The Balaban J connectivity index is 2.47. The number of hydrogen-bond donors (Lipinski definition) is 2. The van der Waals surface area contributed by atoms with Gasteiger partial charge in [0.05, 0.1) is 10.6 Å². The minimum absolute atomic E-state index is 0.147. The molecule has 112 valence electrons. The van der Waals surface area contributed by atoms with Crippen LogP contribution in [0.3, 0.4) is 0 Å². The van der Waals surface area contributed by atoms with Gasteiger partial charge in [-0.2, -0.15) is 0 Å². The first-order chi connectivity index (χ1) is 9.70. The lowest BCUT2D eigenvalue weighted by Crippen LogP contribution is -2.15. The molecule has 0 amide bonds. The summed E-state index contributed by atoms with van der Waals surface area (Å²) in [5.74, 6) is 0.147. The van der Waals surface area contributed by atoms with Crippen molar-refractivity contribution in [2.45, 2.75) is 25.7 Å². The number of rotatable bonds is 3. The second-order valence-corrected chi connectivity index (χ2v) is 7.54. The monoisotopic (exact) mass is 369 g/mol. The zero-order valence-electron chi connectivity index (χ0n) is 11.9. The molecule has 2 aromatic carbocycles. The van der Waals surface area contributed by atoms with Gasteiger partial charge in [0, 0.05) is 4.47 Å². The molecule has 0 radical (unpaired) electrons. The van der Waals surface area contributed by atoms with Gasteiger partial charge in [-0.25, -0.2) is 8.42 Å². The van der Waals surface area contributed by atoms with Crippen molar-refractivity contribution in [3.05, 3.63) is 51.5 Å². The number of phenols is 1. The van der Waals surface area contributed by atoms with Gasteiger partial charge in [0.1, 0.15) is 5.75 Å². The number of halogens is 1. The van der Waals surface area contributed by atoms with Gasteiger partial charge in [-0.3, -0.25) is 4.72 Å². The van der Waals surface area contributed by atoms with Crippen LogP contribution in [0.5, 0.6) is 5.75 Å². The molecule has 0 spiro atoms. The van der Waals surface area contributed by atoms with Gasteiger partial charge in [-0.05, 0) is 61.7 Å². The second-order valence-electron chi connectivity index (χ2n) is 4.97. The lowest BCUT2D eigenvalue weighted by molar-refractivity contribution is 0.471. The lowest BCUT2D eigenvalue weighted by Gasteiger charge is -2.14. The average Bonchev–Trinajstić information content (AvgIpc) is 2.38. The SMILES string of the molecule is Cc1cc(NS(=O)(=O)c2cc(Br)ccc2C)c(C)cc1O. The highest BCUT2D eigenvalue weighted by atomic mass is 79.9. The predicted octanol–water partition coefficient (Wildman–Crippen LogP) is 3.88. The fourth-order valence-electron chi connectivity index (χ4n) is 1.97. The maximum atomic E-state index is 12.5. The summed E-state index contributed by atoms with van der Waals surface area (Å²) in [5, 5.41) is 9.64. The Labute approximate surface area is 133 Å². The fourth-order valence-corrected chi connectivity index (χ4v) is 3.88. The van der Waals surface area contributed by atoms with Gasteiger partial charge >= 0.3 is 0 Å². The first-order valence-corrected chi connectivity index (χ1v) is 8.57. The summed E-state index contributed by atoms with van der Waals surface area (Å²) in [6.45, 7) is 5.21. The van der Waals surface area contributed by atoms with E-state index in [-0.39, 0.29) is 10.6 Å². The topological polar surface area (TPSA) is 66.4 Å². The third-order valence-electron chi connectivity index (χ3n) is 3.23. The van der Waals surface area contributed by atoms with Gasteiger partial charge in [-0.1, -0.05) is 22.0 Å². The summed E-state index contributed by atoms with van der Waals surface area (Å²) in [5.41, 5.74) is 2.40. The van der Waals surface area contributed by atoms with Crippen LogP contribution in [0.1, 0.15) is 16.7 Å². The summed E-state index contributed by atoms with van der Waals surface area (Å²) in [6, 6.07) is 8.27. The van der Waals surface area contributed by atoms with Crippen LogP contribution in [-0.4, -0.2) is 13.5 Å². The third-order valence-corrected chi connectivity index (χ3v) is 5.23. The van der Waals surface area contributed by atoms with Crippen molar-refractivity contribution in [2.24, 2.45) is 0 Å². The van der Waals surface area contributed by atoms with Crippen LogP contribution in [0.15, 0.2) is 39.7 Å². The zero-order valence-corrected chi connectivity index (χ0v) is 14.3. The van der Waals surface area contributed by atoms with Crippen molar-refractivity contribution >= 4 is 31.6 Å². The minimum atomic E-state index is -3.68. The Morgan fingerprint density at radius 3 is 2.33 bits per heavy atom.